The highest BCUT2D eigenvalue weighted by Crippen LogP contribution is 2.38. The van der Waals surface area contributed by atoms with Crippen molar-refractivity contribution in [2.75, 3.05) is 17.6 Å². The molecule has 0 saturated heterocycles. The number of nitrogens with zero attached hydrogens (tertiary/aromatic N) is 1. The normalized spacial score (nSPS) is 10.9. The SMILES string of the molecule is CCCC(CCC)C(=O)Nc1sc(SCC(=O)NCC)nc1-c1ccccc1. The van der Waals surface area contributed by atoms with Gasteiger partial charge in [-0.2, -0.15) is 0 Å². The Kier molecular flexibility index (Phi) is 9.50. The van der Waals surface area contributed by atoms with Gasteiger partial charge < -0.3 is 10.6 Å². The quantitative estimate of drug-likeness (QED) is 0.492. The van der Waals surface area contributed by atoms with Gasteiger partial charge in [-0.3, -0.25) is 9.59 Å². The summed E-state index contributed by atoms with van der Waals surface area (Å²) >= 11 is 2.83. The Bertz CT molecular complexity index is 756. The maximum atomic E-state index is 12.8. The lowest BCUT2D eigenvalue weighted by atomic mass is 9.97. The van der Waals surface area contributed by atoms with Crippen molar-refractivity contribution in [3.05, 3.63) is 30.3 Å². The van der Waals surface area contributed by atoms with Crippen LogP contribution in [0.4, 0.5) is 5.00 Å². The number of aromatic nitrogens is 1. The van der Waals surface area contributed by atoms with Crippen LogP contribution in [0, 0.1) is 5.92 Å². The molecule has 2 amide bonds. The van der Waals surface area contributed by atoms with Crippen LogP contribution in [0.5, 0.6) is 0 Å². The van der Waals surface area contributed by atoms with Crippen LogP contribution in [-0.4, -0.2) is 29.1 Å². The summed E-state index contributed by atoms with van der Waals surface area (Å²) in [4.78, 5) is 29.3. The number of nitrogens with one attached hydrogen (secondary N) is 2. The van der Waals surface area contributed by atoms with Crippen LogP contribution in [-0.2, 0) is 9.59 Å². The second-order valence-electron chi connectivity index (χ2n) is 6.53. The van der Waals surface area contributed by atoms with E-state index >= 15 is 0 Å². The van der Waals surface area contributed by atoms with E-state index in [4.69, 9.17) is 4.98 Å². The molecular weight excluding hydrogens is 390 g/mol. The molecule has 1 aromatic heterocycles. The van der Waals surface area contributed by atoms with E-state index < -0.39 is 0 Å². The van der Waals surface area contributed by atoms with Gasteiger partial charge in [0.05, 0.1) is 5.75 Å². The third kappa shape index (κ3) is 6.63. The molecule has 28 heavy (non-hydrogen) atoms. The molecule has 2 N–H and O–H groups in total. The van der Waals surface area contributed by atoms with Crippen molar-refractivity contribution >= 4 is 39.9 Å². The van der Waals surface area contributed by atoms with E-state index in [1.54, 1.807) is 0 Å². The molecule has 2 rings (SSSR count). The van der Waals surface area contributed by atoms with E-state index in [0.717, 1.165) is 46.3 Å². The van der Waals surface area contributed by atoms with Gasteiger partial charge in [0.2, 0.25) is 11.8 Å². The minimum atomic E-state index is -0.0134. The van der Waals surface area contributed by atoms with E-state index in [9.17, 15) is 9.59 Å². The van der Waals surface area contributed by atoms with Gasteiger partial charge in [0.1, 0.15) is 10.7 Å². The Morgan fingerprint density at radius 2 is 1.79 bits per heavy atom. The van der Waals surface area contributed by atoms with Crippen molar-refractivity contribution in [1.29, 1.82) is 0 Å². The van der Waals surface area contributed by atoms with Crippen molar-refractivity contribution < 1.29 is 9.59 Å². The number of anilines is 1. The molecular formula is C21H29N3O2S2. The first-order valence-corrected chi connectivity index (χ1v) is 11.7. The molecule has 0 aliphatic heterocycles. The average Bonchev–Trinajstić information content (AvgIpc) is 3.10. The van der Waals surface area contributed by atoms with Crippen molar-refractivity contribution in [3.8, 4) is 11.3 Å². The standard InChI is InChI=1S/C21H29N3O2S2/c1-4-10-16(11-5-2)19(26)24-20-18(15-12-8-7-9-13-15)23-21(28-20)27-14-17(25)22-6-3/h7-9,12-13,16H,4-6,10-11,14H2,1-3H3,(H,22,25)(H,24,26). The molecule has 0 aliphatic rings. The lowest BCUT2D eigenvalue weighted by Crippen LogP contribution is -2.24. The Balaban J connectivity index is 2.22. The van der Waals surface area contributed by atoms with Crippen LogP contribution in [0.15, 0.2) is 34.7 Å². The highest BCUT2D eigenvalue weighted by Gasteiger charge is 2.21. The van der Waals surface area contributed by atoms with Crippen LogP contribution in [0.3, 0.4) is 0 Å². The number of thiazole rings is 1. The number of thioether (sulfide) groups is 1. The zero-order valence-electron chi connectivity index (χ0n) is 16.8. The maximum Gasteiger partial charge on any atom is 0.230 e. The fraction of sp³-hybridized carbons (Fsp3) is 0.476. The summed E-state index contributed by atoms with van der Waals surface area (Å²) in [6, 6.07) is 9.84. The van der Waals surface area contributed by atoms with Gasteiger partial charge in [-0.25, -0.2) is 4.98 Å². The molecule has 0 saturated carbocycles. The average molecular weight is 420 g/mol. The van der Waals surface area contributed by atoms with Gasteiger partial charge >= 0.3 is 0 Å². The van der Waals surface area contributed by atoms with E-state index in [1.807, 2.05) is 37.3 Å². The van der Waals surface area contributed by atoms with E-state index in [1.165, 1.54) is 23.1 Å². The Labute approximate surface area is 175 Å². The lowest BCUT2D eigenvalue weighted by molar-refractivity contribution is -0.120. The van der Waals surface area contributed by atoms with Crippen molar-refractivity contribution in [2.24, 2.45) is 5.92 Å². The summed E-state index contributed by atoms with van der Waals surface area (Å²) in [5.41, 5.74) is 1.73. The molecule has 0 aliphatic carbocycles. The maximum absolute atomic E-state index is 12.8. The molecule has 7 heteroatoms. The molecule has 0 radical (unpaired) electrons. The molecule has 0 unspecified atom stereocenters. The van der Waals surface area contributed by atoms with Gasteiger partial charge in [-0.1, -0.05) is 80.1 Å². The van der Waals surface area contributed by atoms with Gasteiger partial charge in [0.25, 0.3) is 0 Å². The molecule has 2 aromatic rings. The number of hydrogen-bond donors (Lipinski definition) is 2. The molecule has 0 atom stereocenters. The number of carbonyl (C=O) groups excluding carboxylic acids is 2. The largest absolute Gasteiger partial charge is 0.356 e. The minimum Gasteiger partial charge on any atom is -0.356 e. The predicted molar refractivity (Wildman–Crippen MR) is 119 cm³/mol. The van der Waals surface area contributed by atoms with Gasteiger partial charge in [-0.15, -0.1) is 0 Å². The van der Waals surface area contributed by atoms with Crippen LogP contribution in [0.25, 0.3) is 11.3 Å². The Hall–Kier alpha value is -1.86. The zero-order valence-corrected chi connectivity index (χ0v) is 18.4. The summed E-state index contributed by atoms with van der Waals surface area (Å²) in [6.45, 7) is 6.72. The van der Waals surface area contributed by atoms with E-state index in [2.05, 4.69) is 24.5 Å². The second kappa shape index (κ2) is 11.9. The predicted octanol–water partition coefficient (Wildman–Crippen LogP) is 5.19. The summed E-state index contributed by atoms with van der Waals surface area (Å²) in [6.07, 6.45) is 3.75. The molecule has 5 nitrogen and oxygen atoms in total. The molecule has 0 spiro atoms. The van der Waals surface area contributed by atoms with Gasteiger partial charge in [-0.05, 0) is 19.8 Å². The summed E-state index contributed by atoms with van der Waals surface area (Å²) in [5.74, 6) is 0.384. The number of rotatable bonds is 11. The van der Waals surface area contributed by atoms with Crippen molar-refractivity contribution in [1.82, 2.24) is 10.3 Å². The highest BCUT2D eigenvalue weighted by molar-refractivity contribution is 8.01. The Morgan fingerprint density at radius 3 is 2.39 bits per heavy atom. The van der Waals surface area contributed by atoms with Crippen LogP contribution in [0.2, 0.25) is 0 Å². The summed E-state index contributed by atoms with van der Waals surface area (Å²) in [5, 5.41) is 6.66. The van der Waals surface area contributed by atoms with Crippen molar-refractivity contribution in [2.45, 2.75) is 50.8 Å². The van der Waals surface area contributed by atoms with Crippen molar-refractivity contribution in [3.63, 3.8) is 0 Å². The second-order valence-corrected chi connectivity index (χ2v) is 8.75. The molecule has 1 heterocycles. The number of amides is 2. The number of hydrogen-bond acceptors (Lipinski definition) is 5. The topological polar surface area (TPSA) is 71.1 Å². The van der Waals surface area contributed by atoms with Gasteiger partial charge in [0.15, 0.2) is 4.34 Å². The number of benzene rings is 1. The van der Waals surface area contributed by atoms with Crippen LogP contribution in [0.1, 0.15) is 46.5 Å². The monoisotopic (exact) mass is 419 g/mol. The third-order valence-electron chi connectivity index (χ3n) is 4.24. The lowest BCUT2D eigenvalue weighted by Gasteiger charge is -2.15. The minimum absolute atomic E-state index is 0.0134. The first-order valence-electron chi connectivity index (χ1n) is 9.85. The fourth-order valence-corrected chi connectivity index (χ4v) is 4.83. The zero-order chi connectivity index (χ0) is 20.4. The number of carbonyl (C=O) groups is 2. The first-order chi connectivity index (χ1) is 13.6. The first kappa shape index (κ1) is 22.4. The smallest absolute Gasteiger partial charge is 0.230 e. The molecule has 1 aromatic carbocycles. The van der Waals surface area contributed by atoms with Crippen LogP contribution >= 0.6 is 23.1 Å². The summed E-state index contributed by atoms with van der Waals surface area (Å²) in [7, 11) is 0. The van der Waals surface area contributed by atoms with Gasteiger partial charge in [0, 0.05) is 18.0 Å². The molecule has 0 bridgehead atoms. The van der Waals surface area contributed by atoms with E-state index in [-0.39, 0.29) is 17.7 Å². The fourth-order valence-electron chi connectivity index (χ4n) is 2.93. The molecule has 152 valence electrons. The summed E-state index contributed by atoms with van der Waals surface area (Å²) < 4.78 is 0.780. The highest BCUT2D eigenvalue weighted by atomic mass is 32.2. The van der Waals surface area contributed by atoms with Crippen LogP contribution < -0.4 is 10.6 Å². The van der Waals surface area contributed by atoms with E-state index in [0.29, 0.717) is 12.3 Å². The third-order valence-corrected chi connectivity index (χ3v) is 6.35. The Morgan fingerprint density at radius 1 is 1.11 bits per heavy atom. The molecule has 0 fully saturated rings.